The molecule has 0 saturated carbocycles. The van der Waals surface area contributed by atoms with Crippen molar-refractivity contribution in [2.45, 2.75) is 25.5 Å². The van der Waals surface area contributed by atoms with Gasteiger partial charge >= 0.3 is 0 Å². The Morgan fingerprint density at radius 3 is 2.65 bits per heavy atom. The number of halogens is 2. The zero-order valence-corrected chi connectivity index (χ0v) is 11.9. The summed E-state index contributed by atoms with van der Waals surface area (Å²) < 4.78 is 27.1. The standard InChI is InChI=1S/C15H22F2N2O/c1-10-9-19(2)7-6-13(10)18-8-14(20)15-11(16)4-3-5-12(15)17/h3-5,10,13-14,18,20H,6-9H2,1-2H3. The summed E-state index contributed by atoms with van der Waals surface area (Å²) in [5, 5.41) is 13.2. The SMILES string of the molecule is CC1CN(C)CCC1NCC(O)c1c(F)cccc1F. The van der Waals surface area contributed by atoms with Gasteiger partial charge in [0.25, 0.3) is 0 Å². The molecular weight excluding hydrogens is 262 g/mol. The summed E-state index contributed by atoms with van der Waals surface area (Å²) in [4.78, 5) is 2.26. The molecule has 0 radical (unpaired) electrons. The van der Waals surface area contributed by atoms with Crippen LogP contribution in [0, 0.1) is 17.6 Å². The first-order chi connectivity index (χ1) is 9.49. The van der Waals surface area contributed by atoms with Crippen molar-refractivity contribution in [2.75, 3.05) is 26.7 Å². The van der Waals surface area contributed by atoms with E-state index in [1.807, 2.05) is 0 Å². The van der Waals surface area contributed by atoms with E-state index >= 15 is 0 Å². The largest absolute Gasteiger partial charge is 0.387 e. The van der Waals surface area contributed by atoms with E-state index in [0.29, 0.717) is 5.92 Å². The van der Waals surface area contributed by atoms with Crippen LogP contribution in [0.25, 0.3) is 0 Å². The Balaban J connectivity index is 1.94. The van der Waals surface area contributed by atoms with Gasteiger partial charge in [0.2, 0.25) is 0 Å². The lowest BCUT2D eigenvalue weighted by molar-refractivity contribution is 0.132. The summed E-state index contributed by atoms with van der Waals surface area (Å²) in [6, 6.07) is 3.91. The normalized spacial score (nSPS) is 25.6. The van der Waals surface area contributed by atoms with Gasteiger partial charge in [0, 0.05) is 19.1 Å². The average Bonchev–Trinajstić information content (AvgIpc) is 2.37. The Labute approximate surface area is 118 Å². The van der Waals surface area contributed by atoms with Crippen molar-refractivity contribution in [1.29, 1.82) is 0 Å². The van der Waals surface area contributed by atoms with Crippen LogP contribution in [0.2, 0.25) is 0 Å². The van der Waals surface area contributed by atoms with Crippen LogP contribution in [-0.4, -0.2) is 42.7 Å². The van der Waals surface area contributed by atoms with Crippen LogP contribution in [0.1, 0.15) is 25.0 Å². The van der Waals surface area contributed by atoms with Crippen molar-refractivity contribution >= 4 is 0 Å². The van der Waals surface area contributed by atoms with Gasteiger partial charge in [0.1, 0.15) is 11.6 Å². The van der Waals surface area contributed by atoms with E-state index in [2.05, 4.69) is 24.2 Å². The van der Waals surface area contributed by atoms with Gasteiger partial charge in [0.15, 0.2) is 0 Å². The number of hydrogen-bond acceptors (Lipinski definition) is 3. The molecule has 1 fully saturated rings. The first-order valence-corrected chi connectivity index (χ1v) is 7.03. The first-order valence-electron chi connectivity index (χ1n) is 7.03. The van der Waals surface area contributed by atoms with Crippen molar-refractivity contribution in [3.05, 3.63) is 35.4 Å². The van der Waals surface area contributed by atoms with Crippen LogP contribution in [0.15, 0.2) is 18.2 Å². The van der Waals surface area contributed by atoms with Gasteiger partial charge in [-0.25, -0.2) is 8.78 Å². The molecule has 3 nitrogen and oxygen atoms in total. The van der Waals surface area contributed by atoms with Gasteiger partial charge in [-0.3, -0.25) is 0 Å². The Kier molecular flexibility index (Phi) is 5.07. The van der Waals surface area contributed by atoms with E-state index in [1.165, 1.54) is 18.2 Å². The Bertz CT molecular complexity index is 435. The van der Waals surface area contributed by atoms with Crippen LogP contribution >= 0.6 is 0 Å². The Morgan fingerprint density at radius 1 is 1.40 bits per heavy atom. The van der Waals surface area contributed by atoms with Gasteiger partial charge in [-0.05, 0) is 38.1 Å². The highest BCUT2D eigenvalue weighted by molar-refractivity contribution is 5.22. The van der Waals surface area contributed by atoms with Crippen molar-refractivity contribution in [3.8, 4) is 0 Å². The van der Waals surface area contributed by atoms with E-state index in [0.717, 1.165) is 19.5 Å². The molecule has 1 aliphatic heterocycles. The molecule has 2 rings (SSSR count). The maximum absolute atomic E-state index is 13.6. The van der Waals surface area contributed by atoms with Crippen LogP contribution in [0.3, 0.4) is 0 Å². The maximum Gasteiger partial charge on any atom is 0.131 e. The van der Waals surface area contributed by atoms with Gasteiger partial charge in [-0.1, -0.05) is 13.0 Å². The summed E-state index contributed by atoms with van der Waals surface area (Å²) in [5.74, 6) is -0.946. The maximum atomic E-state index is 13.6. The van der Waals surface area contributed by atoms with Gasteiger partial charge < -0.3 is 15.3 Å². The molecule has 0 spiro atoms. The third kappa shape index (κ3) is 3.53. The predicted octanol–water partition coefficient (Wildman–Crippen LogP) is 1.93. The number of likely N-dealkylation sites (tertiary alicyclic amines) is 1. The lowest BCUT2D eigenvalue weighted by Crippen LogP contribution is -2.47. The zero-order valence-electron chi connectivity index (χ0n) is 11.9. The minimum absolute atomic E-state index is 0.163. The molecule has 3 atom stereocenters. The molecule has 112 valence electrons. The average molecular weight is 284 g/mol. The molecule has 5 heteroatoms. The fraction of sp³-hybridized carbons (Fsp3) is 0.600. The van der Waals surface area contributed by atoms with E-state index in [-0.39, 0.29) is 18.2 Å². The van der Waals surface area contributed by atoms with E-state index < -0.39 is 17.7 Å². The monoisotopic (exact) mass is 284 g/mol. The van der Waals surface area contributed by atoms with Gasteiger partial charge in [-0.2, -0.15) is 0 Å². The molecule has 20 heavy (non-hydrogen) atoms. The van der Waals surface area contributed by atoms with Gasteiger partial charge in [0.05, 0.1) is 11.7 Å². The van der Waals surface area contributed by atoms with E-state index in [9.17, 15) is 13.9 Å². The molecule has 1 heterocycles. The fourth-order valence-electron chi connectivity index (χ4n) is 2.85. The number of nitrogens with one attached hydrogen (secondary N) is 1. The van der Waals surface area contributed by atoms with Crippen molar-refractivity contribution in [1.82, 2.24) is 10.2 Å². The van der Waals surface area contributed by atoms with Crippen LogP contribution in [0.4, 0.5) is 8.78 Å². The third-order valence-corrected chi connectivity index (χ3v) is 4.01. The molecule has 0 aliphatic carbocycles. The first kappa shape index (κ1) is 15.4. The highest BCUT2D eigenvalue weighted by atomic mass is 19.1. The highest BCUT2D eigenvalue weighted by Gasteiger charge is 2.25. The Morgan fingerprint density at radius 2 is 2.05 bits per heavy atom. The topological polar surface area (TPSA) is 35.5 Å². The second kappa shape index (κ2) is 6.61. The summed E-state index contributed by atoms with van der Waals surface area (Å²) in [6.07, 6.45) is -0.188. The molecule has 3 unspecified atom stereocenters. The number of benzene rings is 1. The predicted molar refractivity (Wildman–Crippen MR) is 74.4 cm³/mol. The van der Waals surface area contributed by atoms with Crippen LogP contribution in [-0.2, 0) is 0 Å². The highest BCUT2D eigenvalue weighted by Crippen LogP contribution is 2.21. The molecular formula is C15H22F2N2O. The quantitative estimate of drug-likeness (QED) is 0.887. The molecule has 2 N–H and O–H groups in total. The zero-order chi connectivity index (χ0) is 14.7. The third-order valence-electron chi connectivity index (χ3n) is 4.01. The molecule has 1 saturated heterocycles. The van der Waals surface area contributed by atoms with E-state index in [4.69, 9.17) is 0 Å². The van der Waals surface area contributed by atoms with Gasteiger partial charge in [-0.15, -0.1) is 0 Å². The number of aliphatic hydroxyl groups excluding tert-OH is 1. The lowest BCUT2D eigenvalue weighted by Gasteiger charge is -2.35. The number of aliphatic hydroxyl groups is 1. The smallest absolute Gasteiger partial charge is 0.131 e. The minimum Gasteiger partial charge on any atom is -0.387 e. The van der Waals surface area contributed by atoms with Crippen LogP contribution in [0.5, 0.6) is 0 Å². The van der Waals surface area contributed by atoms with E-state index in [1.54, 1.807) is 0 Å². The summed E-state index contributed by atoms with van der Waals surface area (Å²) >= 11 is 0. The van der Waals surface area contributed by atoms with Crippen molar-refractivity contribution < 1.29 is 13.9 Å². The summed E-state index contributed by atoms with van der Waals surface area (Å²) in [7, 11) is 2.08. The summed E-state index contributed by atoms with van der Waals surface area (Å²) in [5.41, 5.74) is -0.249. The van der Waals surface area contributed by atoms with Crippen LogP contribution < -0.4 is 5.32 Å². The second-order valence-corrected chi connectivity index (χ2v) is 5.69. The summed E-state index contributed by atoms with van der Waals surface area (Å²) in [6.45, 7) is 4.29. The fourth-order valence-corrected chi connectivity index (χ4v) is 2.85. The molecule has 1 aromatic rings. The second-order valence-electron chi connectivity index (χ2n) is 5.69. The Hall–Kier alpha value is -1.04. The molecule has 0 bridgehead atoms. The minimum atomic E-state index is -1.16. The number of rotatable bonds is 4. The van der Waals surface area contributed by atoms with Crippen molar-refractivity contribution in [2.24, 2.45) is 5.92 Å². The molecule has 0 aromatic heterocycles. The molecule has 1 aliphatic rings. The molecule has 1 aromatic carbocycles. The molecule has 0 amide bonds. The lowest BCUT2D eigenvalue weighted by atomic mass is 9.94. The number of nitrogens with zero attached hydrogens (tertiary/aromatic N) is 1. The number of piperidine rings is 1. The number of hydrogen-bond donors (Lipinski definition) is 2. The van der Waals surface area contributed by atoms with Crippen molar-refractivity contribution in [3.63, 3.8) is 0 Å².